The average molecular weight is 585 g/mol. The Morgan fingerprint density at radius 1 is 0.690 bits per heavy atom. The molecule has 0 unspecified atom stereocenters. The molecule has 0 saturated heterocycles. The van der Waals surface area contributed by atoms with Crippen LogP contribution in [0.4, 0.5) is 0 Å². The van der Waals surface area contributed by atoms with Crippen LogP contribution in [0.5, 0.6) is 0 Å². The van der Waals surface area contributed by atoms with E-state index in [2.05, 4.69) is 151 Å². The third kappa shape index (κ3) is 5.90. The molecule has 0 amide bonds. The summed E-state index contributed by atoms with van der Waals surface area (Å²) < 4.78 is 5.18. The molecule has 0 aromatic heterocycles. The van der Waals surface area contributed by atoms with Crippen LogP contribution in [0.1, 0.15) is 81.3 Å². The zero-order chi connectivity index (χ0) is 29.5. The molecule has 2 aliphatic rings. The van der Waals surface area contributed by atoms with E-state index in [1.165, 1.54) is 33.4 Å². The van der Waals surface area contributed by atoms with Gasteiger partial charge in [0.1, 0.15) is 0 Å². The average Bonchev–Trinajstić information content (AvgIpc) is 3.61. The van der Waals surface area contributed by atoms with Gasteiger partial charge in [0.05, 0.1) is 0 Å². The fraction of sp³-hybridized carbons (Fsp3) is 0.293. The summed E-state index contributed by atoms with van der Waals surface area (Å²) in [5.74, 6) is 0. The molecule has 0 radical (unpaired) electrons. The zero-order valence-corrected chi connectivity index (χ0v) is 27.8. The van der Waals surface area contributed by atoms with Gasteiger partial charge in [-0.25, -0.2) is 0 Å². The molecule has 2 aliphatic carbocycles. The summed E-state index contributed by atoms with van der Waals surface area (Å²) >= 11 is -2.15. The Bertz CT molecular complexity index is 1660. The molecule has 0 aliphatic heterocycles. The van der Waals surface area contributed by atoms with E-state index >= 15 is 0 Å². The number of benzene rings is 4. The second-order valence-electron chi connectivity index (χ2n) is 14.2. The fourth-order valence-electron chi connectivity index (χ4n) is 6.77. The quantitative estimate of drug-likeness (QED) is 0.174. The Morgan fingerprint density at radius 3 is 1.86 bits per heavy atom. The van der Waals surface area contributed by atoms with Gasteiger partial charge in [0.15, 0.2) is 0 Å². The van der Waals surface area contributed by atoms with Crippen molar-refractivity contribution in [3.05, 3.63) is 146 Å². The van der Waals surface area contributed by atoms with Crippen molar-refractivity contribution >= 4 is 7.68 Å². The van der Waals surface area contributed by atoms with Crippen LogP contribution in [0.25, 0.3) is 11.1 Å². The first-order valence-corrected chi connectivity index (χ1v) is 17.9. The van der Waals surface area contributed by atoms with Crippen molar-refractivity contribution in [3.8, 4) is 11.1 Å². The third-order valence-corrected chi connectivity index (χ3v) is 13.9. The maximum atomic E-state index is 2.50. The summed E-state index contributed by atoms with van der Waals surface area (Å²) in [5, 5.41) is 0. The van der Waals surface area contributed by atoms with Crippen LogP contribution in [0.15, 0.2) is 113 Å². The van der Waals surface area contributed by atoms with Crippen molar-refractivity contribution in [2.45, 2.75) is 78.1 Å². The van der Waals surface area contributed by atoms with Crippen molar-refractivity contribution in [1.82, 2.24) is 0 Å². The van der Waals surface area contributed by atoms with E-state index in [-0.39, 0.29) is 10.8 Å². The summed E-state index contributed by atoms with van der Waals surface area (Å²) in [6.07, 6.45) is 11.4. The van der Waals surface area contributed by atoms with Gasteiger partial charge in [0.25, 0.3) is 0 Å². The second kappa shape index (κ2) is 11.6. The van der Waals surface area contributed by atoms with Crippen molar-refractivity contribution in [1.29, 1.82) is 0 Å². The van der Waals surface area contributed by atoms with Crippen molar-refractivity contribution in [2.24, 2.45) is 0 Å². The fourth-order valence-corrected chi connectivity index (χ4v) is 12.6. The number of hydrogen-bond donors (Lipinski definition) is 0. The minimum atomic E-state index is -2.15. The van der Waals surface area contributed by atoms with E-state index in [0.717, 1.165) is 25.7 Å². The van der Waals surface area contributed by atoms with Crippen LogP contribution in [0.2, 0.25) is 0 Å². The van der Waals surface area contributed by atoms with E-state index in [1.54, 1.807) is 22.7 Å². The van der Waals surface area contributed by atoms with Gasteiger partial charge in [-0.3, -0.25) is 0 Å². The minimum absolute atomic E-state index is 0.0746. The Morgan fingerprint density at radius 2 is 1.31 bits per heavy atom. The molecule has 0 heterocycles. The molecule has 6 rings (SSSR count). The molecular formula is C41H44Ti. The molecule has 0 spiro atoms. The van der Waals surface area contributed by atoms with E-state index < -0.39 is 17.4 Å². The van der Waals surface area contributed by atoms with Crippen LogP contribution in [-0.4, -0.2) is 3.81 Å². The van der Waals surface area contributed by atoms with Crippen LogP contribution in [-0.2, 0) is 47.5 Å². The zero-order valence-electron chi connectivity index (χ0n) is 26.2. The van der Waals surface area contributed by atoms with Crippen LogP contribution >= 0.6 is 0 Å². The van der Waals surface area contributed by atoms with Crippen molar-refractivity contribution < 1.29 is 17.4 Å². The third-order valence-electron chi connectivity index (χ3n) is 8.97. The molecule has 42 heavy (non-hydrogen) atoms. The first kappa shape index (κ1) is 29.0. The summed E-state index contributed by atoms with van der Waals surface area (Å²) in [6.45, 7) is 14.3. The van der Waals surface area contributed by atoms with E-state index in [0.29, 0.717) is 0 Å². The molecular weight excluding hydrogens is 540 g/mol. The van der Waals surface area contributed by atoms with Crippen molar-refractivity contribution in [3.63, 3.8) is 0 Å². The van der Waals surface area contributed by atoms with E-state index in [9.17, 15) is 0 Å². The van der Waals surface area contributed by atoms with Gasteiger partial charge in [-0.15, -0.1) is 0 Å². The SMILES string of the molecule is CC(C)(C)c1ccc2c(c1)Cc1c-2ccc(C(C)(C)C)[c]1[Ti]([C]1=CC=CC1)=[C](Cc1ccccc1)Cc1ccccc1. The van der Waals surface area contributed by atoms with Gasteiger partial charge in [0, 0.05) is 0 Å². The molecule has 0 bridgehead atoms. The molecule has 0 saturated carbocycles. The molecule has 0 fully saturated rings. The summed E-state index contributed by atoms with van der Waals surface area (Å²) in [6, 6.07) is 34.6. The summed E-state index contributed by atoms with van der Waals surface area (Å²) in [7, 11) is 0. The predicted octanol–water partition coefficient (Wildman–Crippen LogP) is 9.60. The van der Waals surface area contributed by atoms with Crippen LogP contribution in [0.3, 0.4) is 0 Å². The van der Waals surface area contributed by atoms with E-state index in [4.69, 9.17) is 0 Å². The molecule has 1 heteroatoms. The molecule has 4 aromatic carbocycles. The molecule has 0 N–H and O–H groups in total. The Kier molecular flexibility index (Phi) is 7.99. The Balaban J connectivity index is 1.63. The normalized spacial score (nSPS) is 14.0. The topological polar surface area (TPSA) is 0 Å². The maximum absolute atomic E-state index is 2.50. The van der Waals surface area contributed by atoms with Gasteiger partial charge in [-0.05, 0) is 0 Å². The van der Waals surface area contributed by atoms with Gasteiger partial charge in [-0.1, -0.05) is 0 Å². The van der Waals surface area contributed by atoms with Crippen molar-refractivity contribution in [2.75, 3.05) is 0 Å². The number of hydrogen-bond acceptors (Lipinski definition) is 0. The number of rotatable bonds is 6. The molecule has 4 aromatic rings. The predicted molar refractivity (Wildman–Crippen MR) is 179 cm³/mol. The van der Waals surface area contributed by atoms with Crippen LogP contribution < -0.4 is 3.87 Å². The Hall–Kier alpha value is -3.06. The second-order valence-corrected chi connectivity index (χ2v) is 18.2. The molecule has 212 valence electrons. The van der Waals surface area contributed by atoms with Gasteiger partial charge >= 0.3 is 261 Å². The van der Waals surface area contributed by atoms with Gasteiger partial charge < -0.3 is 0 Å². The standard InChI is InChI=1S/C21H25.C15H14.C5H5.Ti/c1-20(2,3)16-7-9-18-14(12-16)11-15-13-17(21(4,5)6)8-10-19(15)18;1-3-8-14(9-4-1)12-7-13-15-10-5-2-6-11-15;1-2-4-5-3-1;/h7-10,12H,11H2,1-6H3;1-6,8-11H,12-13H2;1-3H,4H2;. The molecule has 0 nitrogen and oxygen atoms in total. The molecule has 0 atom stereocenters. The first-order chi connectivity index (χ1) is 20.1. The summed E-state index contributed by atoms with van der Waals surface area (Å²) in [5.41, 5.74) is 12.1. The Labute approximate surface area is 259 Å². The summed E-state index contributed by atoms with van der Waals surface area (Å²) in [4.78, 5) is 0. The number of allylic oxidation sites excluding steroid dienone is 4. The van der Waals surface area contributed by atoms with Crippen LogP contribution in [0, 0.1) is 0 Å². The van der Waals surface area contributed by atoms with Gasteiger partial charge in [-0.2, -0.15) is 0 Å². The van der Waals surface area contributed by atoms with Gasteiger partial charge in [0.2, 0.25) is 0 Å². The van der Waals surface area contributed by atoms with E-state index in [1.807, 2.05) is 0 Å². The first-order valence-electron chi connectivity index (χ1n) is 15.6. The number of fused-ring (bicyclic) bond motifs is 3. The monoisotopic (exact) mass is 584 g/mol.